The molecule has 1 saturated heterocycles. The van der Waals surface area contributed by atoms with Gasteiger partial charge in [-0.2, -0.15) is 8.42 Å². The van der Waals surface area contributed by atoms with E-state index in [4.69, 9.17) is 8.92 Å². The van der Waals surface area contributed by atoms with E-state index in [1.807, 2.05) is 29.2 Å². The molecule has 12 nitrogen and oxygen atoms in total. The van der Waals surface area contributed by atoms with Crippen molar-refractivity contribution in [2.75, 3.05) is 37.7 Å². The van der Waals surface area contributed by atoms with Gasteiger partial charge in [-0.1, -0.05) is 72.8 Å². The molecule has 0 bridgehead atoms. The van der Waals surface area contributed by atoms with Crippen molar-refractivity contribution in [2.24, 2.45) is 0 Å². The number of fused-ring (bicyclic) bond motifs is 4. The van der Waals surface area contributed by atoms with Crippen molar-refractivity contribution in [1.82, 2.24) is 19.4 Å². The van der Waals surface area contributed by atoms with Gasteiger partial charge in [-0.15, -0.1) is 0 Å². The third kappa shape index (κ3) is 6.30. The van der Waals surface area contributed by atoms with Crippen LogP contribution in [0.5, 0.6) is 5.75 Å². The molecule has 6 aromatic rings. The normalized spacial score (nSPS) is 14.2. The second-order valence-corrected chi connectivity index (χ2v) is 14.2. The molecular weight excluding hydrogens is 683 g/mol. The maximum atomic E-state index is 13.2. The molecule has 0 radical (unpaired) electrons. The Hall–Kier alpha value is -6.21. The van der Waals surface area contributed by atoms with E-state index in [1.54, 1.807) is 41.4 Å². The summed E-state index contributed by atoms with van der Waals surface area (Å²) in [5.41, 5.74) is 4.14. The van der Waals surface area contributed by atoms with Gasteiger partial charge >= 0.3 is 21.9 Å². The summed E-state index contributed by atoms with van der Waals surface area (Å²) in [4.78, 5) is 48.7. The molecule has 3 heterocycles. The van der Waals surface area contributed by atoms with Gasteiger partial charge in [0.1, 0.15) is 23.1 Å². The molecule has 1 fully saturated rings. The van der Waals surface area contributed by atoms with Gasteiger partial charge in [0.15, 0.2) is 0 Å². The summed E-state index contributed by atoms with van der Waals surface area (Å²) < 4.78 is 39.1. The third-order valence-electron chi connectivity index (χ3n) is 9.59. The number of ether oxygens (including phenoxy) is 1. The SMILES string of the molecule is O=C(OCC1c2ccccc2-c2ccccc21)N1CCN(c2cc(=O)[nH]c(=O)n2Cc2ccc(OS(=O)(=O)c3cccc4cnccc34)cc2)CC1. The summed E-state index contributed by atoms with van der Waals surface area (Å²) in [6, 6.07) is 30.6. The van der Waals surface area contributed by atoms with Gasteiger partial charge in [0.05, 0.1) is 6.54 Å². The van der Waals surface area contributed by atoms with Gasteiger partial charge in [-0.05, 0) is 52.1 Å². The van der Waals surface area contributed by atoms with Gasteiger partial charge in [0.25, 0.3) is 5.56 Å². The molecule has 4 aromatic carbocycles. The molecule has 52 heavy (non-hydrogen) atoms. The second kappa shape index (κ2) is 13.5. The van der Waals surface area contributed by atoms with Crippen molar-refractivity contribution >= 4 is 32.8 Å². The van der Waals surface area contributed by atoms with Crippen molar-refractivity contribution in [3.8, 4) is 16.9 Å². The molecule has 8 rings (SSSR count). The fourth-order valence-corrected chi connectivity index (χ4v) is 8.20. The summed E-state index contributed by atoms with van der Waals surface area (Å²) in [5, 5.41) is 1.17. The van der Waals surface area contributed by atoms with Crippen molar-refractivity contribution in [3.05, 3.63) is 153 Å². The number of aromatic nitrogens is 3. The van der Waals surface area contributed by atoms with Crippen LogP contribution in [0.2, 0.25) is 0 Å². The predicted molar refractivity (Wildman–Crippen MR) is 195 cm³/mol. The maximum Gasteiger partial charge on any atom is 0.409 e. The molecule has 262 valence electrons. The van der Waals surface area contributed by atoms with Crippen LogP contribution in [-0.2, 0) is 21.4 Å². The number of rotatable bonds is 8. The lowest BCUT2D eigenvalue weighted by atomic mass is 9.98. The summed E-state index contributed by atoms with van der Waals surface area (Å²) in [5.74, 6) is 0.470. The molecular formula is C39H33N5O7S. The smallest absolute Gasteiger partial charge is 0.409 e. The quantitative estimate of drug-likeness (QED) is 0.216. The van der Waals surface area contributed by atoms with Crippen molar-refractivity contribution in [3.63, 3.8) is 0 Å². The first-order valence-corrected chi connectivity index (χ1v) is 18.2. The summed E-state index contributed by atoms with van der Waals surface area (Å²) in [6.45, 7) is 1.75. The lowest BCUT2D eigenvalue weighted by Gasteiger charge is -2.36. The molecule has 13 heteroatoms. The van der Waals surface area contributed by atoms with Crippen LogP contribution >= 0.6 is 0 Å². The number of benzene rings is 4. The van der Waals surface area contributed by atoms with E-state index in [-0.39, 0.29) is 29.7 Å². The number of nitrogens with one attached hydrogen (secondary N) is 1. The Balaban J connectivity index is 0.925. The monoisotopic (exact) mass is 715 g/mol. The number of carbonyl (C=O) groups excluding carboxylic acids is 1. The Morgan fingerprint density at radius 3 is 2.23 bits per heavy atom. The molecule has 2 aromatic heterocycles. The van der Waals surface area contributed by atoms with Crippen molar-refractivity contribution < 1.29 is 22.1 Å². The number of amides is 1. The number of H-pyrrole nitrogens is 1. The van der Waals surface area contributed by atoms with Crippen molar-refractivity contribution in [2.45, 2.75) is 17.4 Å². The standard InChI is InChI=1S/C39H33N5O7S/c45-36-22-37(42-18-20-43(21-19-42)39(47)50-25-34-32-9-3-1-7-30(32)31-8-2-4-10-33(31)34)44(38(46)41-36)24-26-12-14-28(15-13-26)51-52(48,49)35-11-5-6-27-23-40-17-16-29(27)35/h1-17,22-23,34H,18-21,24-25H2,(H,41,45,46). The third-order valence-corrected chi connectivity index (χ3v) is 10.9. The highest BCUT2D eigenvalue weighted by Gasteiger charge is 2.31. The van der Waals surface area contributed by atoms with Crippen molar-refractivity contribution in [1.29, 1.82) is 0 Å². The second-order valence-electron chi connectivity index (χ2n) is 12.7. The van der Waals surface area contributed by atoms with E-state index < -0.39 is 27.5 Å². The largest absolute Gasteiger partial charge is 0.448 e. The van der Waals surface area contributed by atoms with Gasteiger partial charge < -0.3 is 18.7 Å². The number of anilines is 1. The minimum atomic E-state index is -4.15. The Morgan fingerprint density at radius 1 is 0.827 bits per heavy atom. The average Bonchev–Trinajstić information content (AvgIpc) is 3.48. The van der Waals surface area contributed by atoms with Crippen LogP contribution < -0.4 is 20.3 Å². The summed E-state index contributed by atoms with van der Waals surface area (Å²) in [6.07, 6.45) is 2.69. The Labute approximate surface area is 298 Å². The predicted octanol–water partition coefficient (Wildman–Crippen LogP) is 4.97. The topological polar surface area (TPSA) is 144 Å². The first-order valence-electron chi connectivity index (χ1n) is 16.8. The summed E-state index contributed by atoms with van der Waals surface area (Å²) >= 11 is 0. The zero-order valence-electron chi connectivity index (χ0n) is 27.8. The van der Waals surface area contributed by atoms with Crippen LogP contribution in [-0.4, -0.2) is 66.7 Å². The first kappa shape index (κ1) is 33.0. The van der Waals surface area contributed by atoms with E-state index in [9.17, 15) is 22.8 Å². The van der Waals surface area contributed by atoms with E-state index >= 15 is 0 Å². The Morgan fingerprint density at radius 2 is 1.52 bits per heavy atom. The van der Waals surface area contributed by atoms with Crippen LogP contribution in [0.1, 0.15) is 22.6 Å². The highest BCUT2D eigenvalue weighted by Crippen LogP contribution is 2.44. The lowest BCUT2D eigenvalue weighted by Crippen LogP contribution is -2.50. The van der Waals surface area contributed by atoms with Crippen LogP contribution in [0.4, 0.5) is 10.6 Å². The molecule has 0 unspecified atom stereocenters. The molecule has 1 N–H and O–H groups in total. The Bertz CT molecular complexity index is 2490. The van der Waals surface area contributed by atoms with E-state index in [0.29, 0.717) is 48.3 Å². The number of carbonyl (C=O) groups is 1. The fourth-order valence-electron chi connectivity index (χ4n) is 7.04. The fraction of sp³-hybridized carbons (Fsp3) is 0.179. The number of piperazine rings is 1. The highest BCUT2D eigenvalue weighted by molar-refractivity contribution is 7.87. The van der Waals surface area contributed by atoms with Gasteiger partial charge in [0, 0.05) is 61.3 Å². The maximum absolute atomic E-state index is 13.2. The lowest BCUT2D eigenvalue weighted by molar-refractivity contribution is 0.0975. The van der Waals surface area contributed by atoms with Gasteiger partial charge in [-0.25, -0.2) is 9.59 Å². The minimum Gasteiger partial charge on any atom is -0.448 e. The minimum absolute atomic E-state index is 0.0274. The zero-order valence-corrected chi connectivity index (χ0v) is 28.7. The van der Waals surface area contributed by atoms with E-state index in [1.165, 1.54) is 35.0 Å². The molecule has 1 aliphatic carbocycles. The summed E-state index contributed by atoms with van der Waals surface area (Å²) in [7, 11) is -4.15. The number of pyridine rings is 1. The first-order chi connectivity index (χ1) is 25.2. The number of hydrogen-bond acceptors (Lipinski definition) is 9. The van der Waals surface area contributed by atoms with Gasteiger partial charge in [0.2, 0.25) is 0 Å². The molecule has 2 aliphatic rings. The number of hydrogen-bond donors (Lipinski definition) is 1. The molecule has 1 amide bonds. The Kier molecular flexibility index (Phi) is 8.55. The average molecular weight is 716 g/mol. The molecule has 0 atom stereocenters. The van der Waals surface area contributed by atoms with E-state index in [0.717, 1.165) is 22.3 Å². The highest BCUT2D eigenvalue weighted by atomic mass is 32.2. The van der Waals surface area contributed by atoms with Crippen LogP contribution in [0, 0.1) is 0 Å². The number of aromatic amines is 1. The molecule has 0 saturated carbocycles. The number of nitrogens with zero attached hydrogens (tertiary/aromatic N) is 4. The zero-order chi connectivity index (χ0) is 35.8. The van der Waals surface area contributed by atoms with Crippen LogP contribution in [0.25, 0.3) is 21.9 Å². The molecule has 0 spiro atoms. The van der Waals surface area contributed by atoms with Crippen LogP contribution in [0.15, 0.2) is 130 Å². The van der Waals surface area contributed by atoms with E-state index in [2.05, 4.69) is 34.2 Å². The van der Waals surface area contributed by atoms with Crippen LogP contribution in [0.3, 0.4) is 0 Å². The molecule has 1 aliphatic heterocycles. The van der Waals surface area contributed by atoms with Gasteiger partial charge in [-0.3, -0.25) is 19.3 Å².